The standard InChI is InChI=1S/C27H33FN2O/c1-6-25(2,3)14-21-24-20(29-30-21)12-17-13-26(4,5)15-22(31)23(17)27(24)10-9-16-11-18(28)7-8-19(16)27/h7-8,11H,6,9-10,12-15H2,1-5H3,(H,29,30)/t27-/m0/s1. The van der Waals surface area contributed by atoms with Gasteiger partial charge in [-0.25, -0.2) is 4.39 Å². The number of halogens is 1. The van der Waals surface area contributed by atoms with Crippen molar-refractivity contribution in [1.82, 2.24) is 10.2 Å². The monoisotopic (exact) mass is 420 g/mol. The Hall–Kier alpha value is -2.23. The Bertz CT molecular complexity index is 1120. The molecule has 1 N–H and O–H groups in total. The van der Waals surface area contributed by atoms with Crippen molar-refractivity contribution in [2.75, 3.05) is 0 Å². The Morgan fingerprint density at radius 2 is 2.00 bits per heavy atom. The quantitative estimate of drug-likeness (QED) is 0.662. The summed E-state index contributed by atoms with van der Waals surface area (Å²) in [6, 6.07) is 5.17. The number of benzene rings is 1. The lowest BCUT2D eigenvalue weighted by molar-refractivity contribution is -0.118. The fourth-order valence-corrected chi connectivity index (χ4v) is 6.40. The highest BCUT2D eigenvalue weighted by Gasteiger charge is 2.54. The predicted octanol–water partition coefficient (Wildman–Crippen LogP) is 6.00. The highest BCUT2D eigenvalue weighted by atomic mass is 19.1. The number of allylic oxidation sites excluding steroid dienone is 2. The molecule has 3 nitrogen and oxygen atoms in total. The van der Waals surface area contributed by atoms with Gasteiger partial charge in [-0.2, -0.15) is 5.10 Å². The van der Waals surface area contributed by atoms with Gasteiger partial charge in [0.2, 0.25) is 0 Å². The molecule has 0 bridgehead atoms. The minimum Gasteiger partial charge on any atom is -0.294 e. The Balaban J connectivity index is 1.78. The Morgan fingerprint density at radius 3 is 2.74 bits per heavy atom. The van der Waals surface area contributed by atoms with Gasteiger partial charge in [-0.15, -0.1) is 0 Å². The molecule has 0 saturated heterocycles. The number of nitrogens with one attached hydrogen (secondary N) is 1. The van der Waals surface area contributed by atoms with Crippen LogP contribution in [0.1, 0.15) is 88.4 Å². The number of rotatable bonds is 3. The van der Waals surface area contributed by atoms with E-state index >= 15 is 0 Å². The van der Waals surface area contributed by atoms with E-state index in [1.807, 2.05) is 6.07 Å². The second-order valence-electron chi connectivity index (χ2n) is 11.5. The summed E-state index contributed by atoms with van der Waals surface area (Å²) in [6.07, 6.45) is 5.83. The topological polar surface area (TPSA) is 45.8 Å². The van der Waals surface area contributed by atoms with Crippen molar-refractivity contribution in [3.05, 3.63) is 63.2 Å². The van der Waals surface area contributed by atoms with Crippen LogP contribution in [0.4, 0.5) is 4.39 Å². The molecule has 1 spiro atoms. The van der Waals surface area contributed by atoms with Crippen molar-refractivity contribution >= 4 is 5.78 Å². The van der Waals surface area contributed by atoms with Gasteiger partial charge in [0.15, 0.2) is 5.78 Å². The summed E-state index contributed by atoms with van der Waals surface area (Å²) >= 11 is 0. The highest BCUT2D eigenvalue weighted by Crippen LogP contribution is 2.58. The van der Waals surface area contributed by atoms with Gasteiger partial charge in [-0.05, 0) is 59.8 Å². The molecule has 1 atom stereocenters. The minimum absolute atomic E-state index is 0.0219. The summed E-state index contributed by atoms with van der Waals surface area (Å²) < 4.78 is 14.1. The summed E-state index contributed by atoms with van der Waals surface area (Å²) in [5.41, 5.74) is 7.50. The van der Waals surface area contributed by atoms with Crippen LogP contribution in [0.25, 0.3) is 0 Å². The number of nitrogens with zero attached hydrogens (tertiary/aromatic N) is 1. The number of aromatic nitrogens is 2. The van der Waals surface area contributed by atoms with Crippen LogP contribution in [-0.4, -0.2) is 16.0 Å². The molecule has 3 aliphatic carbocycles. The first-order valence-corrected chi connectivity index (χ1v) is 11.7. The van der Waals surface area contributed by atoms with E-state index in [-0.39, 0.29) is 22.4 Å². The number of hydrogen-bond donors (Lipinski definition) is 1. The maximum atomic E-state index is 14.1. The zero-order chi connectivity index (χ0) is 22.2. The average Bonchev–Trinajstić information content (AvgIpc) is 3.22. The lowest BCUT2D eigenvalue weighted by Crippen LogP contribution is -2.42. The fraction of sp³-hybridized carbons (Fsp3) is 0.556. The van der Waals surface area contributed by atoms with E-state index in [1.54, 1.807) is 12.1 Å². The van der Waals surface area contributed by atoms with Crippen LogP contribution in [-0.2, 0) is 29.5 Å². The number of aromatic amines is 1. The van der Waals surface area contributed by atoms with Gasteiger partial charge in [0, 0.05) is 29.7 Å². The highest BCUT2D eigenvalue weighted by molar-refractivity contribution is 6.02. The largest absolute Gasteiger partial charge is 0.294 e. The lowest BCUT2D eigenvalue weighted by atomic mass is 9.57. The maximum Gasteiger partial charge on any atom is 0.160 e. The molecule has 0 unspecified atom stereocenters. The van der Waals surface area contributed by atoms with E-state index in [9.17, 15) is 9.18 Å². The lowest BCUT2D eigenvalue weighted by Gasteiger charge is -2.44. The van der Waals surface area contributed by atoms with Crippen molar-refractivity contribution in [2.24, 2.45) is 10.8 Å². The van der Waals surface area contributed by atoms with Crippen molar-refractivity contribution in [3.63, 3.8) is 0 Å². The first kappa shape index (κ1) is 20.7. The van der Waals surface area contributed by atoms with Crippen molar-refractivity contribution in [1.29, 1.82) is 0 Å². The molecule has 2 aromatic rings. The maximum absolute atomic E-state index is 14.1. The molecule has 4 heteroatoms. The Labute approximate surface area is 184 Å². The molecule has 164 valence electrons. The van der Waals surface area contributed by atoms with Crippen LogP contribution >= 0.6 is 0 Å². The number of H-pyrrole nitrogens is 1. The first-order chi connectivity index (χ1) is 14.6. The molecule has 0 fully saturated rings. The summed E-state index contributed by atoms with van der Waals surface area (Å²) in [4.78, 5) is 13.7. The second-order valence-corrected chi connectivity index (χ2v) is 11.5. The molecular formula is C27H33FN2O. The molecule has 0 aliphatic heterocycles. The SMILES string of the molecule is CCC(C)(C)Cc1n[nH]c2c1[C@]1(CCc3cc(F)ccc31)C1=C(C2)CC(C)(C)CC1=O. The molecule has 0 amide bonds. The molecule has 31 heavy (non-hydrogen) atoms. The molecular weight excluding hydrogens is 387 g/mol. The number of aryl methyl sites for hydroxylation is 1. The molecule has 1 aromatic carbocycles. The van der Waals surface area contributed by atoms with Gasteiger partial charge >= 0.3 is 0 Å². The van der Waals surface area contributed by atoms with Crippen molar-refractivity contribution in [2.45, 2.75) is 85.0 Å². The average molecular weight is 421 g/mol. The van der Waals surface area contributed by atoms with Gasteiger partial charge in [0.1, 0.15) is 5.82 Å². The third kappa shape index (κ3) is 3.05. The number of hydrogen-bond acceptors (Lipinski definition) is 2. The molecule has 1 heterocycles. The van der Waals surface area contributed by atoms with E-state index in [0.29, 0.717) is 6.42 Å². The van der Waals surface area contributed by atoms with Gasteiger partial charge in [0.05, 0.1) is 11.1 Å². The first-order valence-electron chi connectivity index (χ1n) is 11.7. The van der Waals surface area contributed by atoms with Crippen molar-refractivity contribution < 1.29 is 9.18 Å². The van der Waals surface area contributed by atoms with E-state index in [2.05, 4.69) is 39.7 Å². The number of Topliss-reactive ketones (excluding diaryl/α,β-unsaturated/α-hetero) is 1. The number of carbonyl (C=O) groups is 1. The van der Waals surface area contributed by atoms with Crippen LogP contribution in [0.15, 0.2) is 29.3 Å². The van der Waals surface area contributed by atoms with E-state index in [0.717, 1.165) is 66.6 Å². The van der Waals surface area contributed by atoms with Crippen LogP contribution in [0.5, 0.6) is 0 Å². The van der Waals surface area contributed by atoms with Crippen LogP contribution < -0.4 is 0 Å². The van der Waals surface area contributed by atoms with E-state index in [1.165, 1.54) is 11.1 Å². The third-order valence-electron chi connectivity index (χ3n) is 8.02. The Kier molecular flexibility index (Phi) is 4.42. The van der Waals surface area contributed by atoms with Gasteiger partial charge in [-0.1, -0.05) is 52.7 Å². The number of fused-ring (bicyclic) bond motifs is 5. The third-order valence-corrected chi connectivity index (χ3v) is 8.02. The van der Waals surface area contributed by atoms with Crippen molar-refractivity contribution in [3.8, 4) is 0 Å². The molecule has 0 radical (unpaired) electrons. The summed E-state index contributed by atoms with van der Waals surface area (Å²) in [5, 5.41) is 8.19. The van der Waals surface area contributed by atoms with Crippen LogP contribution in [0, 0.1) is 16.6 Å². The second kappa shape index (κ2) is 6.63. The summed E-state index contributed by atoms with van der Waals surface area (Å²) in [7, 11) is 0. The molecule has 5 rings (SSSR count). The summed E-state index contributed by atoms with van der Waals surface area (Å²) in [6.45, 7) is 11.2. The van der Waals surface area contributed by atoms with Crippen LogP contribution in [0.2, 0.25) is 0 Å². The number of carbonyl (C=O) groups excluding carboxylic acids is 1. The molecule has 3 aliphatic rings. The van der Waals surface area contributed by atoms with E-state index < -0.39 is 5.41 Å². The van der Waals surface area contributed by atoms with E-state index in [4.69, 9.17) is 5.10 Å². The number of ketones is 1. The van der Waals surface area contributed by atoms with Gasteiger partial charge in [0.25, 0.3) is 0 Å². The van der Waals surface area contributed by atoms with Gasteiger partial charge in [-0.3, -0.25) is 9.89 Å². The molecule has 1 aromatic heterocycles. The molecule has 0 saturated carbocycles. The summed E-state index contributed by atoms with van der Waals surface area (Å²) in [5.74, 6) is 0.0765. The minimum atomic E-state index is -0.480. The van der Waals surface area contributed by atoms with Gasteiger partial charge < -0.3 is 0 Å². The normalized spacial score (nSPS) is 24.4. The zero-order valence-electron chi connectivity index (χ0n) is 19.4. The smallest absolute Gasteiger partial charge is 0.160 e. The zero-order valence-corrected chi connectivity index (χ0v) is 19.4. The van der Waals surface area contributed by atoms with Crippen LogP contribution in [0.3, 0.4) is 0 Å². The predicted molar refractivity (Wildman–Crippen MR) is 121 cm³/mol. The Morgan fingerprint density at radius 1 is 1.23 bits per heavy atom. The fourth-order valence-electron chi connectivity index (χ4n) is 6.40.